The van der Waals surface area contributed by atoms with Crippen LogP contribution in [0.3, 0.4) is 0 Å². The van der Waals surface area contributed by atoms with E-state index in [1.165, 1.54) is 30.7 Å². The number of benzene rings is 1. The van der Waals surface area contributed by atoms with Gasteiger partial charge in [0.2, 0.25) is 5.91 Å². The molecule has 0 unspecified atom stereocenters. The number of aromatic nitrogens is 2. The topological polar surface area (TPSA) is 96.0 Å². The van der Waals surface area contributed by atoms with Crippen molar-refractivity contribution in [1.29, 1.82) is 0 Å². The minimum atomic E-state index is -4.57. The summed E-state index contributed by atoms with van der Waals surface area (Å²) in [4.78, 5) is 33.0. The zero-order valence-electron chi connectivity index (χ0n) is 17.6. The maximum absolute atomic E-state index is 13.3. The van der Waals surface area contributed by atoms with Crippen molar-refractivity contribution in [1.82, 2.24) is 20.6 Å². The largest absolute Gasteiger partial charge is 0.418 e. The van der Waals surface area contributed by atoms with Crippen molar-refractivity contribution in [3.8, 4) is 0 Å². The Balaban J connectivity index is 1.35. The van der Waals surface area contributed by atoms with E-state index in [1.807, 2.05) is 0 Å². The molecule has 0 atom stereocenters. The highest BCUT2D eigenvalue weighted by molar-refractivity contribution is 6.30. The lowest BCUT2D eigenvalue weighted by atomic mass is 10.1. The lowest BCUT2D eigenvalue weighted by molar-refractivity contribution is -0.137. The first-order valence-electron chi connectivity index (χ1n) is 10.3. The average molecular weight is 490 g/mol. The molecule has 3 aromatic rings. The highest BCUT2D eigenvalue weighted by Crippen LogP contribution is 2.38. The van der Waals surface area contributed by atoms with E-state index in [-0.39, 0.29) is 29.1 Å². The standard InChI is InChI=1S/C23H19ClF3N5O2/c24-15-1-4-19(18(11-15)23(25,26)27)31-17-3-2-16(29-13-17)12-30-21(34)22(7-8-22)32-20(33)14-5-9-28-10-6-14/h1-6,9-11,13,31H,7-8,12H2,(H,30,34)(H,32,33). The van der Waals surface area contributed by atoms with Gasteiger partial charge < -0.3 is 16.0 Å². The van der Waals surface area contributed by atoms with Gasteiger partial charge in [0, 0.05) is 23.0 Å². The fraction of sp³-hybridized carbons (Fsp3) is 0.217. The van der Waals surface area contributed by atoms with Crippen molar-refractivity contribution < 1.29 is 22.8 Å². The Morgan fingerprint density at radius 2 is 1.79 bits per heavy atom. The molecule has 7 nitrogen and oxygen atoms in total. The van der Waals surface area contributed by atoms with E-state index < -0.39 is 17.3 Å². The highest BCUT2D eigenvalue weighted by Gasteiger charge is 2.51. The Morgan fingerprint density at radius 3 is 2.41 bits per heavy atom. The molecule has 1 aliphatic carbocycles. The Labute approximate surface area is 197 Å². The lowest BCUT2D eigenvalue weighted by Crippen LogP contribution is -2.48. The van der Waals surface area contributed by atoms with Crippen molar-refractivity contribution in [3.63, 3.8) is 0 Å². The molecule has 4 rings (SSSR count). The van der Waals surface area contributed by atoms with Gasteiger partial charge in [0.15, 0.2) is 0 Å². The molecule has 2 heterocycles. The van der Waals surface area contributed by atoms with Gasteiger partial charge in [0.05, 0.1) is 35.4 Å². The second-order valence-electron chi connectivity index (χ2n) is 7.81. The number of amides is 2. The van der Waals surface area contributed by atoms with Gasteiger partial charge in [-0.05, 0) is 55.3 Å². The monoisotopic (exact) mass is 489 g/mol. The zero-order valence-corrected chi connectivity index (χ0v) is 18.4. The number of halogens is 4. The SMILES string of the molecule is O=C(NC1(C(=O)NCc2ccc(Nc3ccc(Cl)cc3C(F)(F)F)cn2)CC1)c1ccncc1. The van der Waals surface area contributed by atoms with E-state index in [0.29, 0.717) is 29.8 Å². The number of nitrogens with one attached hydrogen (secondary N) is 3. The highest BCUT2D eigenvalue weighted by atomic mass is 35.5. The molecule has 0 spiro atoms. The first-order valence-corrected chi connectivity index (χ1v) is 10.6. The van der Waals surface area contributed by atoms with Gasteiger partial charge in [-0.15, -0.1) is 0 Å². The third-order valence-electron chi connectivity index (χ3n) is 5.30. The van der Waals surface area contributed by atoms with Crippen LogP contribution in [0, 0.1) is 0 Å². The smallest absolute Gasteiger partial charge is 0.354 e. The summed E-state index contributed by atoms with van der Waals surface area (Å²) in [5.41, 5.74) is -0.744. The Morgan fingerprint density at radius 1 is 1.06 bits per heavy atom. The van der Waals surface area contributed by atoms with E-state index in [9.17, 15) is 22.8 Å². The molecule has 0 saturated heterocycles. The van der Waals surface area contributed by atoms with Crippen molar-refractivity contribution >= 4 is 34.8 Å². The summed E-state index contributed by atoms with van der Waals surface area (Å²) in [5, 5.41) is 8.19. The predicted octanol–water partition coefficient (Wildman–Crippen LogP) is 4.47. The van der Waals surface area contributed by atoms with Crippen LogP contribution >= 0.6 is 11.6 Å². The number of hydrogen-bond donors (Lipinski definition) is 3. The Bertz CT molecular complexity index is 1200. The van der Waals surface area contributed by atoms with Crippen LogP contribution in [0.25, 0.3) is 0 Å². The van der Waals surface area contributed by atoms with Crippen molar-refractivity contribution in [3.05, 3.63) is 82.9 Å². The van der Waals surface area contributed by atoms with Gasteiger partial charge in [-0.3, -0.25) is 19.6 Å². The minimum Gasteiger partial charge on any atom is -0.354 e. The van der Waals surface area contributed by atoms with Crippen molar-refractivity contribution in [2.24, 2.45) is 0 Å². The maximum atomic E-state index is 13.3. The summed E-state index contributed by atoms with van der Waals surface area (Å²) in [6.07, 6.45) is 0.833. The summed E-state index contributed by atoms with van der Waals surface area (Å²) in [5.74, 6) is -0.682. The fourth-order valence-electron chi connectivity index (χ4n) is 3.29. The van der Waals surface area contributed by atoms with Crippen molar-refractivity contribution in [2.45, 2.75) is 31.1 Å². The third kappa shape index (κ3) is 5.45. The normalized spacial score (nSPS) is 14.2. The van der Waals surface area contributed by atoms with E-state index in [1.54, 1.807) is 24.3 Å². The predicted molar refractivity (Wildman–Crippen MR) is 119 cm³/mol. The van der Waals surface area contributed by atoms with Gasteiger partial charge in [-0.1, -0.05) is 11.6 Å². The van der Waals surface area contributed by atoms with Gasteiger partial charge >= 0.3 is 6.18 Å². The second-order valence-corrected chi connectivity index (χ2v) is 8.24. The summed E-state index contributed by atoms with van der Waals surface area (Å²) in [6, 6.07) is 9.71. The zero-order chi connectivity index (χ0) is 24.3. The molecule has 176 valence electrons. The first-order chi connectivity index (χ1) is 16.2. The molecule has 11 heteroatoms. The first kappa shape index (κ1) is 23.5. The van der Waals surface area contributed by atoms with E-state index in [0.717, 1.165) is 6.07 Å². The van der Waals surface area contributed by atoms with Gasteiger partial charge in [-0.2, -0.15) is 13.2 Å². The molecular formula is C23H19ClF3N5O2. The number of carbonyl (C=O) groups is 2. The molecule has 3 N–H and O–H groups in total. The molecule has 1 saturated carbocycles. The van der Waals surface area contributed by atoms with Crippen LogP contribution in [-0.4, -0.2) is 27.3 Å². The second kappa shape index (κ2) is 9.30. The summed E-state index contributed by atoms with van der Waals surface area (Å²) in [6.45, 7) is 0.0980. The summed E-state index contributed by atoms with van der Waals surface area (Å²) < 4.78 is 39.8. The Hall–Kier alpha value is -3.66. The summed E-state index contributed by atoms with van der Waals surface area (Å²) >= 11 is 5.70. The number of nitrogens with zero attached hydrogens (tertiary/aromatic N) is 2. The van der Waals surface area contributed by atoms with Gasteiger partial charge in [-0.25, -0.2) is 0 Å². The number of alkyl halides is 3. The van der Waals surface area contributed by atoms with Crippen LogP contribution in [0.4, 0.5) is 24.5 Å². The van der Waals surface area contributed by atoms with Crippen molar-refractivity contribution in [2.75, 3.05) is 5.32 Å². The van der Waals surface area contributed by atoms with E-state index >= 15 is 0 Å². The molecule has 1 aliphatic rings. The van der Waals surface area contributed by atoms with E-state index in [2.05, 4.69) is 25.9 Å². The molecular weight excluding hydrogens is 471 g/mol. The van der Waals surface area contributed by atoms with Crippen LogP contribution in [0.5, 0.6) is 0 Å². The molecule has 0 radical (unpaired) electrons. The molecule has 0 aliphatic heterocycles. The molecule has 0 bridgehead atoms. The fourth-order valence-corrected chi connectivity index (χ4v) is 3.46. The molecule has 2 aromatic heterocycles. The summed E-state index contributed by atoms with van der Waals surface area (Å²) in [7, 11) is 0. The number of carbonyl (C=O) groups excluding carboxylic acids is 2. The van der Waals surface area contributed by atoms with Crippen LogP contribution < -0.4 is 16.0 Å². The number of hydrogen-bond acceptors (Lipinski definition) is 5. The van der Waals surface area contributed by atoms with Crippen LogP contribution in [0.2, 0.25) is 5.02 Å². The van der Waals surface area contributed by atoms with E-state index in [4.69, 9.17) is 11.6 Å². The Kier molecular flexibility index (Phi) is 6.43. The minimum absolute atomic E-state index is 0.0208. The molecule has 2 amide bonds. The third-order valence-corrected chi connectivity index (χ3v) is 5.54. The molecule has 1 aromatic carbocycles. The van der Waals surface area contributed by atoms with Crippen LogP contribution in [0.15, 0.2) is 61.1 Å². The van der Waals surface area contributed by atoms with Gasteiger partial charge in [0.1, 0.15) is 5.54 Å². The molecule has 1 fully saturated rings. The van der Waals surface area contributed by atoms with Crippen LogP contribution in [-0.2, 0) is 17.5 Å². The van der Waals surface area contributed by atoms with Gasteiger partial charge in [0.25, 0.3) is 5.91 Å². The maximum Gasteiger partial charge on any atom is 0.418 e. The number of rotatable bonds is 7. The number of anilines is 2. The molecule has 34 heavy (non-hydrogen) atoms. The number of pyridine rings is 2. The lowest BCUT2D eigenvalue weighted by Gasteiger charge is -2.17. The average Bonchev–Trinajstić information content (AvgIpc) is 3.60. The van der Waals surface area contributed by atoms with Crippen LogP contribution in [0.1, 0.15) is 34.5 Å². The quantitative estimate of drug-likeness (QED) is 0.455.